The van der Waals surface area contributed by atoms with Crippen LogP contribution in [0.4, 0.5) is 0 Å². The highest BCUT2D eigenvalue weighted by molar-refractivity contribution is 5.76. The quantitative estimate of drug-likeness (QED) is 0.834. The van der Waals surface area contributed by atoms with Crippen LogP contribution in [-0.4, -0.2) is 40.5 Å². The van der Waals surface area contributed by atoms with Crippen molar-refractivity contribution in [2.45, 2.75) is 24.9 Å². The molecular formula is C15H21NO5. The van der Waals surface area contributed by atoms with Crippen LogP contribution in [-0.2, 0) is 9.53 Å². The summed E-state index contributed by atoms with van der Waals surface area (Å²) in [6.45, 7) is 0. The Kier molecular flexibility index (Phi) is 4.90. The van der Waals surface area contributed by atoms with Crippen LogP contribution in [0.5, 0.6) is 17.2 Å². The van der Waals surface area contributed by atoms with Gasteiger partial charge in [0.1, 0.15) is 23.3 Å². The van der Waals surface area contributed by atoms with Gasteiger partial charge in [0.15, 0.2) is 0 Å². The van der Waals surface area contributed by atoms with Crippen LogP contribution in [0.1, 0.15) is 24.4 Å². The van der Waals surface area contributed by atoms with Crippen molar-refractivity contribution in [3.05, 3.63) is 17.7 Å². The monoisotopic (exact) mass is 295 g/mol. The fourth-order valence-corrected chi connectivity index (χ4v) is 2.67. The van der Waals surface area contributed by atoms with Gasteiger partial charge in [0.2, 0.25) is 0 Å². The van der Waals surface area contributed by atoms with Crippen LogP contribution in [0.2, 0.25) is 0 Å². The Morgan fingerprint density at radius 3 is 2.14 bits per heavy atom. The minimum absolute atomic E-state index is 0.0232. The van der Waals surface area contributed by atoms with Crippen molar-refractivity contribution in [3.63, 3.8) is 0 Å². The molecule has 2 rings (SSSR count). The Hall–Kier alpha value is -1.95. The number of nitrogens with one attached hydrogen (secondary N) is 1. The zero-order chi connectivity index (χ0) is 15.4. The smallest absolute Gasteiger partial charge is 0.322 e. The summed E-state index contributed by atoms with van der Waals surface area (Å²) in [5, 5.41) is 3.27. The lowest BCUT2D eigenvalue weighted by Gasteiger charge is -2.20. The van der Waals surface area contributed by atoms with Crippen LogP contribution in [0.3, 0.4) is 0 Å². The highest BCUT2D eigenvalue weighted by Crippen LogP contribution is 2.42. The molecule has 1 heterocycles. The van der Waals surface area contributed by atoms with Crippen LogP contribution in [0.25, 0.3) is 0 Å². The zero-order valence-electron chi connectivity index (χ0n) is 12.8. The van der Waals surface area contributed by atoms with Gasteiger partial charge in [0.05, 0.1) is 34.0 Å². The van der Waals surface area contributed by atoms with E-state index in [9.17, 15) is 4.79 Å². The minimum Gasteiger partial charge on any atom is -0.496 e. The molecule has 1 aromatic rings. The first kappa shape index (κ1) is 15.4. The second kappa shape index (κ2) is 6.67. The van der Waals surface area contributed by atoms with E-state index in [0.29, 0.717) is 17.2 Å². The standard InChI is InChI=1S/C15H21NO5/c1-18-9-7-12(19-2)14(13(8-9)20-3)10-5-6-11(16-10)15(17)21-4/h7-8,10-11,16H,5-6H2,1-4H3/t10?,11-/m0/s1. The van der Waals surface area contributed by atoms with Gasteiger partial charge in [-0.05, 0) is 12.8 Å². The van der Waals surface area contributed by atoms with Gasteiger partial charge < -0.3 is 18.9 Å². The maximum absolute atomic E-state index is 11.6. The van der Waals surface area contributed by atoms with Gasteiger partial charge in [-0.1, -0.05) is 0 Å². The minimum atomic E-state index is -0.295. The second-order valence-corrected chi connectivity index (χ2v) is 4.82. The van der Waals surface area contributed by atoms with Crippen LogP contribution in [0, 0.1) is 0 Å². The molecule has 0 aromatic heterocycles. The number of hydrogen-bond donors (Lipinski definition) is 1. The summed E-state index contributed by atoms with van der Waals surface area (Å²) < 4.78 is 20.9. The van der Waals surface area contributed by atoms with Crippen LogP contribution >= 0.6 is 0 Å². The molecule has 116 valence electrons. The van der Waals surface area contributed by atoms with Crippen molar-refractivity contribution in [2.24, 2.45) is 0 Å². The first-order valence-electron chi connectivity index (χ1n) is 6.78. The van der Waals surface area contributed by atoms with Crippen LogP contribution in [0.15, 0.2) is 12.1 Å². The van der Waals surface area contributed by atoms with E-state index in [4.69, 9.17) is 18.9 Å². The summed E-state index contributed by atoms with van der Waals surface area (Å²) in [5.41, 5.74) is 0.896. The first-order chi connectivity index (χ1) is 10.1. The van der Waals surface area contributed by atoms with E-state index in [-0.39, 0.29) is 18.1 Å². The molecule has 1 saturated heterocycles. The molecule has 0 saturated carbocycles. The number of methoxy groups -OCH3 is 4. The lowest BCUT2D eigenvalue weighted by molar-refractivity contribution is -0.142. The third kappa shape index (κ3) is 3.05. The molecule has 0 radical (unpaired) electrons. The SMILES string of the molecule is COC(=O)[C@@H]1CCC(c2c(OC)cc(OC)cc2OC)N1. The third-order valence-corrected chi connectivity index (χ3v) is 3.73. The van der Waals surface area contributed by atoms with E-state index in [2.05, 4.69) is 5.32 Å². The maximum Gasteiger partial charge on any atom is 0.322 e. The molecule has 1 fully saturated rings. The molecule has 6 heteroatoms. The van der Waals surface area contributed by atoms with E-state index in [1.165, 1.54) is 7.11 Å². The number of ether oxygens (including phenoxy) is 4. The zero-order valence-corrected chi connectivity index (χ0v) is 12.8. The van der Waals surface area contributed by atoms with Crippen LogP contribution < -0.4 is 19.5 Å². The molecule has 0 aliphatic carbocycles. The van der Waals surface area contributed by atoms with E-state index >= 15 is 0 Å². The van der Waals surface area contributed by atoms with E-state index in [1.807, 2.05) is 12.1 Å². The summed E-state index contributed by atoms with van der Waals surface area (Å²) in [6.07, 6.45) is 1.52. The Labute approximate surface area is 124 Å². The highest BCUT2D eigenvalue weighted by atomic mass is 16.5. The molecule has 1 unspecified atom stereocenters. The number of carbonyl (C=O) groups excluding carboxylic acids is 1. The molecule has 2 atom stereocenters. The molecule has 1 aliphatic rings. The molecule has 1 aliphatic heterocycles. The number of carbonyl (C=O) groups is 1. The number of benzene rings is 1. The third-order valence-electron chi connectivity index (χ3n) is 3.73. The molecule has 0 bridgehead atoms. The van der Waals surface area contributed by atoms with Crippen molar-refractivity contribution in [2.75, 3.05) is 28.4 Å². The lowest BCUT2D eigenvalue weighted by Crippen LogP contribution is -2.33. The number of rotatable bonds is 5. The predicted octanol–water partition coefficient (Wildman–Crippen LogP) is 1.68. The number of hydrogen-bond acceptors (Lipinski definition) is 6. The average Bonchev–Trinajstić information content (AvgIpc) is 3.01. The topological polar surface area (TPSA) is 66.0 Å². The summed E-state index contributed by atoms with van der Waals surface area (Å²) in [7, 11) is 6.19. The van der Waals surface area contributed by atoms with Crippen molar-refractivity contribution in [1.82, 2.24) is 5.32 Å². The highest BCUT2D eigenvalue weighted by Gasteiger charge is 2.34. The molecular weight excluding hydrogens is 274 g/mol. The second-order valence-electron chi connectivity index (χ2n) is 4.82. The Bertz CT molecular complexity index is 492. The Balaban J connectivity index is 2.33. The fourth-order valence-electron chi connectivity index (χ4n) is 2.67. The normalized spacial score (nSPS) is 21.0. The average molecular weight is 295 g/mol. The Morgan fingerprint density at radius 1 is 1.05 bits per heavy atom. The fraction of sp³-hybridized carbons (Fsp3) is 0.533. The maximum atomic E-state index is 11.6. The molecule has 1 aromatic carbocycles. The largest absolute Gasteiger partial charge is 0.496 e. The predicted molar refractivity (Wildman–Crippen MR) is 77.0 cm³/mol. The molecule has 6 nitrogen and oxygen atoms in total. The molecule has 0 amide bonds. The first-order valence-corrected chi connectivity index (χ1v) is 6.78. The van der Waals surface area contributed by atoms with E-state index in [0.717, 1.165) is 18.4 Å². The van der Waals surface area contributed by atoms with Crippen molar-refractivity contribution >= 4 is 5.97 Å². The summed E-state index contributed by atoms with van der Waals surface area (Å²) in [4.78, 5) is 11.6. The van der Waals surface area contributed by atoms with Crippen molar-refractivity contribution in [1.29, 1.82) is 0 Å². The molecule has 1 N–H and O–H groups in total. The molecule has 0 spiro atoms. The summed E-state index contributed by atoms with van der Waals surface area (Å²) in [6, 6.07) is 3.30. The van der Waals surface area contributed by atoms with Crippen molar-refractivity contribution in [3.8, 4) is 17.2 Å². The Morgan fingerprint density at radius 2 is 1.67 bits per heavy atom. The van der Waals surface area contributed by atoms with Gasteiger partial charge in [0, 0.05) is 18.2 Å². The van der Waals surface area contributed by atoms with Gasteiger partial charge in [-0.15, -0.1) is 0 Å². The van der Waals surface area contributed by atoms with Gasteiger partial charge in [0.25, 0.3) is 0 Å². The number of esters is 1. The molecule has 21 heavy (non-hydrogen) atoms. The van der Waals surface area contributed by atoms with Crippen molar-refractivity contribution < 1.29 is 23.7 Å². The van der Waals surface area contributed by atoms with Gasteiger partial charge >= 0.3 is 5.97 Å². The summed E-state index contributed by atoms with van der Waals surface area (Å²) in [5.74, 6) is 1.77. The van der Waals surface area contributed by atoms with Gasteiger partial charge in [-0.3, -0.25) is 10.1 Å². The summed E-state index contributed by atoms with van der Waals surface area (Å²) >= 11 is 0. The van der Waals surface area contributed by atoms with Gasteiger partial charge in [-0.2, -0.15) is 0 Å². The lowest BCUT2D eigenvalue weighted by atomic mass is 10.0. The van der Waals surface area contributed by atoms with E-state index < -0.39 is 0 Å². The van der Waals surface area contributed by atoms with E-state index in [1.54, 1.807) is 21.3 Å². The van der Waals surface area contributed by atoms with Gasteiger partial charge in [-0.25, -0.2) is 0 Å².